The molecule has 1 unspecified atom stereocenters. The van der Waals surface area contributed by atoms with Crippen molar-refractivity contribution in [1.82, 2.24) is 14.6 Å². The summed E-state index contributed by atoms with van der Waals surface area (Å²) >= 11 is 3.57. The summed E-state index contributed by atoms with van der Waals surface area (Å²) in [6, 6.07) is 4.09. The molecule has 3 aromatic heterocycles. The number of aromatic nitrogens is 3. The molecule has 3 aromatic rings. The zero-order valence-electron chi connectivity index (χ0n) is 19.8. The van der Waals surface area contributed by atoms with E-state index >= 15 is 0 Å². The molecular weight excluding hydrogens is 482 g/mol. The van der Waals surface area contributed by atoms with E-state index in [-0.39, 0.29) is 17.0 Å². The number of anilines is 1. The topological polar surface area (TPSA) is 116 Å². The molecule has 0 aliphatic heterocycles. The molecule has 1 saturated carbocycles. The van der Waals surface area contributed by atoms with Crippen LogP contribution in [0.15, 0.2) is 40.2 Å². The first-order valence-corrected chi connectivity index (χ1v) is 12.0. The first kappa shape index (κ1) is 23.5. The molecular formula is C24H32BrN7O. The number of fused-ring (bicyclic) bond motifs is 1. The van der Waals surface area contributed by atoms with Gasteiger partial charge in [-0.15, -0.1) is 0 Å². The summed E-state index contributed by atoms with van der Waals surface area (Å²) in [5.41, 5.74) is 17.1. The number of pyridine rings is 1. The van der Waals surface area contributed by atoms with Crippen molar-refractivity contribution in [2.24, 2.45) is 21.9 Å². The van der Waals surface area contributed by atoms with Crippen LogP contribution in [-0.2, 0) is 6.42 Å². The third-order valence-corrected chi connectivity index (χ3v) is 7.70. The quantitative estimate of drug-likeness (QED) is 0.331. The molecule has 9 heteroatoms. The maximum absolute atomic E-state index is 6.64. The van der Waals surface area contributed by atoms with Gasteiger partial charge in [0.25, 0.3) is 0 Å². The fraction of sp³-hybridized carbons (Fsp3) is 0.458. The van der Waals surface area contributed by atoms with Gasteiger partial charge in [0.1, 0.15) is 5.84 Å². The smallest absolute Gasteiger partial charge is 0.213 e. The number of nitrogens with one attached hydrogen (secondary N) is 1. The van der Waals surface area contributed by atoms with Crippen LogP contribution in [0.5, 0.6) is 5.88 Å². The summed E-state index contributed by atoms with van der Waals surface area (Å²) in [7, 11) is 1.60. The highest BCUT2D eigenvalue weighted by Gasteiger charge is 2.49. The van der Waals surface area contributed by atoms with E-state index in [1.54, 1.807) is 19.5 Å². The molecule has 0 radical (unpaired) electrons. The average Bonchev–Trinajstić information content (AvgIpc) is 3.25. The first-order chi connectivity index (χ1) is 15.6. The van der Waals surface area contributed by atoms with Crippen molar-refractivity contribution in [3.8, 4) is 5.88 Å². The molecule has 0 saturated heterocycles. The van der Waals surface area contributed by atoms with Crippen molar-refractivity contribution in [3.63, 3.8) is 0 Å². The number of aliphatic imine (C=N–C) groups is 1. The Kier molecular flexibility index (Phi) is 6.13. The molecule has 0 aromatic carbocycles. The highest BCUT2D eigenvalue weighted by atomic mass is 79.9. The second-order valence-corrected chi connectivity index (χ2v) is 10.4. The number of hydrogen-bond acceptors (Lipinski definition) is 6. The molecule has 2 atom stereocenters. The van der Waals surface area contributed by atoms with Gasteiger partial charge in [-0.25, -0.2) is 14.5 Å². The largest absolute Gasteiger partial charge is 0.481 e. The van der Waals surface area contributed by atoms with Crippen LogP contribution in [0.1, 0.15) is 51.7 Å². The third-order valence-electron chi connectivity index (χ3n) is 7.27. The van der Waals surface area contributed by atoms with Gasteiger partial charge in [0, 0.05) is 33.7 Å². The summed E-state index contributed by atoms with van der Waals surface area (Å²) in [5.74, 6) is 0.930. The van der Waals surface area contributed by atoms with Gasteiger partial charge in [0.15, 0.2) is 0 Å². The number of nitrogens with zero attached hydrogens (tertiary/aromatic N) is 4. The predicted octanol–water partition coefficient (Wildman–Crippen LogP) is 4.42. The Morgan fingerprint density at radius 2 is 2.09 bits per heavy atom. The Morgan fingerprint density at radius 3 is 2.73 bits per heavy atom. The lowest BCUT2D eigenvalue weighted by Crippen LogP contribution is -2.51. The zero-order chi connectivity index (χ0) is 24.0. The lowest BCUT2D eigenvalue weighted by Gasteiger charge is -2.39. The van der Waals surface area contributed by atoms with E-state index in [1.165, 1.54) is 0 Å². The Morgan fingerprint density at radius 1 is 1.33 bits per heavy atom. The Bertz CT molecular complexity index is 1210. The van der Waals surface area contributed by atoms with Crippen molar-refractivity contribution in [3.05, 3.63) is 46.3 Å². The minimum Gasteiger partial charge on any atom is -0.481 e. The van der Waals surface area contributed by atoms with Crippen LogP contribution < -0.4 is 21.5 Å². The van der Waals surface area contributed by atoms with E-state index in [2.05, 4.69) is 59.0 Å². The van der Waals surface area contributed by atoms with E-state index in [9.17, 15) is 0 Å². The first-order valence-electron chi connectivity index (χ1n) is 11.2. The Balaban J connectivity index is 1.81. The highest BCUT2D eigenvalue weighted by Crippen LogP contribution is 2.46. The molecule has 1 fully saturated rings. The van der Waals surface area contributed by atoms with Crippen LogP contribution >= 0.6 is 15.9 Å². The van der Waals surface area contributed by atoms with Crippen LogP contribution in [0.2, 0.25) is 0 Å². The molecule has 3 heterocycles. The van der Waals surface area contributed by atoms with Crippen molar-refractivity contribution < 1.29 is 4.74 Å². The number of aryl methyl sites for hydroxylation is 1. The SMILES string of the molecule is CCc1cc(OC)ncc1N=C(N)c1cnn2cc(Br)cc2c1NC1CC[C@](C)(N)C1(C)C. The molecule has 0 bridgehead atoms. The van der Waals surface area contributed by atoms with Crippen LogP contribution in [0.4, 0.5) is 11.4 Å². The van der Waals surface area contributed by atoms with E-state index in [0.717, 1.165) is 46.1 Å². The van der Waals surface area contributed by atoms with Crippen LogP contribution in [0.25, 0.3) is 5.52 Å². The normalized spacial score (nSPS) is 22.6. The maximum atomic E-state index is 6.64. The third kappa shape index (κ3) is 4.19. The second-order valence-electron chi connectivity index (χ2n) is 9.50. The van der Waals surface area contributed by atoms with Gasteiger partial charge in [-0.2, -0.15) is 5.10 Å². The van der Waals surface area contributed by atoms with Gasteiger partial charge in [0.05, 0.1) is 42.0 Å². The van der Waals surface area contributed by atoms with Crippen molar-refractivity contribution in [2.45, 2.75) is 58.5 Å². The van der Waals surface area contributed by atoms with Gasteiger partial charge in [-0.1, -0.05) is 20.8 Å². The molecule has 0 spiro atoms. The van der Waals surface area contributed by atoms with E-state index in [4.69, 9.17) is 21.2 Å². The molecule has 1 aliphatic carbocycles. The van der Waals surface area contributed by atoms with Crippen LogP contribution in [0.3, 0.4) is 0 Å². The minimum atomic E-state index is -0.263. The van der Waals surface area contributed by atoms with Crippen LogP contribution in [0, 0.1) is 5.41 Å². The summed E-state index contributed by atoms with van der Waals surface area (Å²) in [6.45, 7) is 8.63. The summed E-state index contributed by atoms with van der Waals surface area (Å²) < 4.78 is 8.02. The number of halogens is 1. The van der Waals surface area contributed by atoms with Gasteiger partial charge >= 0.3 is 0 Å². The Hall–Kier alpha value is -2.65. The lowest BCUT2D eigenvalue weighted by molar-refractivity contribution is 0.215. The fourth-order valence-corrected chi connectivity index (χ4v) is 4.89. The summed E-state index contributed by atoms with van der Waals surface area (Å²) in [6.07, 6.45) is 8.07. The highest BCUT2D eigenvalue weighted by molar-refractivity contribution is 9.10. The van der Waals surface area contributed by atoms with Crippen LogP contribution in [-0.4, -0.2) is 39.1 Å². The fourth-order valence-electron chi connectivity index (χ4n) is 4.48. The Labute approximate surface area is 202 Å². The number of methoxy groups -OCH3 is 1. The second kappa shape index (κ2) is 8.61. The average molecular weight is 514 g/mol. The molecule has 1 aliphatic rings. The van der Waals surface area contributed by atoms with E-state index in [1.807, 2.05) is 22.8 Å². The number of amidine groups is 1. The lowest BCUT2D eigenvalue weighted by atomic mass is 9.75. The summed E-state index contributed by atoms with van der Waals surface area (Å²) in [5, 5.41) is 8.33. The van der Waals surface area contributed by atoms with E-state index < -0.39 is 0 Å². The van der Waals surface area contributed by atoms with E-state index in [0.29, 0.717) is 17.4 Å². The zero-order valence-corrected chi connectivity index (χ0v) is 21.4. The van der Waals surface area contributed by atoms with Crippen molar-refractivity contribution in [1.29, 1.82) is 0 Å². The number of ether oxygens (including phenoxy) is 1. The number of hydrogen-bond donors (Lipinski definition) is 3. The predicted molar refractivity (Wildman–Crippen MR) is 136 cm³/mol. The minimum absolute atomic E-state index is 0.116. The summed E-state index contributed by atoms with van der Waals surface area (Å²) in [4.78, 5) is 9.05. The van der Waals surface area contributed by atoms with Gasteiger partial charge in [0.2, 0.25) is 5.88 Å². The maximum Gasteiger partial charge on any atom is 0.213 e. The number of nitrogens with two attached hydrogens (primary N) is 2. The van der Waals surface area contributed by atoms with Crippen molar-refractivity contribution >= 4 is 38.7 Å². The molecule has 8 nitrogen and oxygen atoms in total. The molecule has 33 heavy (non-hydrogen) atoms. The van der Waals surface area contributed by atoms with Gasteiger partial charge in [-0.05, 0) is 53.7 Å². The monoisotopic (exact) mass is 513 g/mol. The molecule has 5 N–H and O–H groups in total. The van der Waals surface area contributed by atoms with Gasteiger partial charge < -0.3 is 21.5 Å². The number of rotatable bonds is 6. The van der Waals surface area contributed by atoms with Gasteiger partial charge in [-0.3, -0.25) is 0 Å². The molecule has 176 valence electrons. The van der Waals surface area contributed by atoms with Crippen molar-refractivity contribution in [2.75, 3.05) is 12.4 Å². The molecule has 0 amide bonds. The molecule has 4 rings (SSSR count). The standard InChI is InChI=1S/C24H32BrN7O/c1-6-14-9-20(33-5)28-12-17(14)30-22(26)16-11-29-32-13-15(25)10-18(32)21(16)31-19-7-8-24(4,27)23(19,2)3/h9-13,19,31H,6-8,27H2,1-5H3,(H2,26,30)/t19?,24-/m0/s1.